The molecule has 1 aromatic rings. The third kappa shape index (κ3) is 2.35. The Hall–Kier alpha value is -0.940. The Morgan fingerprint density at radius 2 is 2.13 bits per heavy atom. The summed E-state index contributed by atoms with van der Waals surface area (Å²) in [6, 6.07) is 9.53. The van der Waals surface area contributed by atoms with Crippen molar-refractivity contribution >= 4 is 0 Å². The first kappa shape index (κ1) is 10.6. The molecular formula is C11H14O4. The minimum atomic E-state index is -0.759. The smallest absolute Gasteiger partial charge is 0.217 e. The molecule has 1 fully saturated rings. The van der Waals surface area contributed by atoms with Crippen LogP contribution in [0.2, 0.25) is 0 Å². The van der Waals surface area contributed by atoms with E-state index in [0.717, 1.165) is 5.56 Å². The van der Waals surface area contributed by atoms with E-state index in [1.807, 2.05) is 30.3 Å². The Morgan fingerprint density at radius 1 is 1.40 bits per heavy atom. The van der Waals surface area contributed by atoms with Crippen molar-refractivity contribution in [1.82, 2.24) is 0 Å². The zero-order valence-corrected chi connectivity index (χ0v) is 8.55. The molecule has 0 amide bonds. The average Bonchev–Trinajstić information content (AvgIpc) is 2.31. The Labute approximate surface area is 88.3 Å². The van der Waals surface area contributed by atoms with E-state index < -0.39 is 11.9 Å². The zero-order chi connectivity index (χ0) is 10.7. The summed E-state index contributed by atoms with van der Waals surface area (Å²) >= 11 is 0. The van der Waals surface area contributed by atoms with Crippen molar-refractivity contribution in [1.29, 1.82) is 0 Å². The molecule has 0 spiro atoms. The van der Waals surface area contributed by atoms with Crippen LogP contribution in [0.25, 0.3) is 0 Å². The van der Waals surface area contributed by atoms with Gasteiger partial charge in [0, 0.05) is 5.56 Å². The number of benzene rings is 1. The lowest BCUT2D eigenvalue weighted by Crippen LogP contribution is -2.43. The van der Waals surface area contributed by atoms with Crippen LogP contribution in [-0.2, 0) is 14.5 Å². The largest absolute Gasteiger partial charge is 0.393 e. The molecule has 1 N–H and O–H groups in total. The molecule has 1 aliphatic heterocycles. The van der Waals surface area contributed by atoms with Crippen LogP contribution in [-0.4, -0.2) is 23.9 Å². The van der Waals surface area contributed by atoms with Gasteiger partial charge in [-0.1, -0.05) is 30.3 Å². The van der Waals surface area contributed by atoms with Crippen LogP contribution in [0.3, 0.4) is 0 Å². The highest BCUT2D eigenvalue weighted by Crippen LogP contribution is 2.28. The first-order chi connectivity index (χ1) is 7.23. The number of hydrogen-bond donors (Lipinski definition) is 1. The van der Waals surface area contributed by atoms with Gasteiger partial charge in [0.25, 0.3) is 0 Å². The summed E-state index contributed by atoms with van der Waals surface area (Å²) in [7, 11) is 0. The molecule has 2 rings (SSSR count). The highest BCUT2D eigenvalue weighted by Gasteiger charge is 2.34. The van der Waals surface area contributed by atoms with Gasteiger partial charge in [-0.15, -0.1) is 0 Å². The number of ether oxygens (including phenoxy) is 1. The maximum absolute atomic E-state index is 9.02. The van der Waals surface area contributed by atoms with Gasteiger partial charge in [0.2, 0.25) is 6.29 Å². The van der Waals surface area contributed by atoms with Crippen LogP contribution >= 0.6 is 0 Å². The summed E-state index contributed by atoms with van der Waals surface area (Å²) in [5.41, 5.74) is 0.142. The van der Waals surface area contributed by atoms with E-state index in [0.29, 0.717) is 6.61 Å². The van der Waals surface area contributed by atoms with Gasteiger partial charge in [0.15, 0.2) is 0 Å². The van der Waals surface area contributed by atoms with Gasteiger partial charge in [0.05, 0.1) is 13.2 Å². The molecule has 1 heterocycles. The first-order valence-corrected chi connectivity index (χ1v) is 4.85. The van der Waals surface area contributed by atoms with Crippen molar-refractivity contribution in [2.24, 2.45) is 0 Å². The lowest BCUT2D eigenvalue weighted by molar-refractivity contribution is -0.475. The molecule has 2 unspecified atom stereocenters. The third-order valence-corrected chi connectivity index (χ3v) is 2.28. The van der Waals surface area contributed by atoms with Gasteiger partial charge in [-0.3, -0.25) is 0 Å². The van der Waals surface area contributed by atoms with Crippen LogP contribution in [0.1, 0.15) is 18.8 Å². The van der Waals surface area contributed by atoms with E-state index in [9.17, 15) is 0 Å². The van der Waals surface area contributed by atoms with Crippen LogP contribution in [0.5, 0.6) is 0 Å². The van der Waals surface area contributed by atoms with Gasteiger partial charge in [-0.2, -0.15) is 4.89 Å². The highest BCUT2D eigenvalue weighted by atomic mass is 17.2. The summed E-state index contributed by atoms with van der Waals surface area (Å²) < 4.78 is 5.46. The molecule has 0 radical (unpaired) electrons. The van der Waals surface area contributed by atoms with Crippen LogP contribution in [0, 0.1) is 0 Å². The number of rotatable bonds is 2. The number of hydrogen-bond acceptors (Lipinski definition) is 4. The maximum Gasteiger partial charge on any atom is 0.217 e. The molecule has 1 aliphatic rings. The monoisotopic (exact) mass is 210 g/mol. The molecule has 0 aliphatic carbocycles. The number of aliphatic hydroxyl groups is 1. The summed E-state index contributed by atoms with van der Waals surface area (Å²) in [6.07, 6.45) is -0.508. The zero-order valence-electron chi connectivity index (χ0n) is 8.55. The van der Waals surface area contributed by atoms with Gasteiger partial charge in [0.1, 0.15) is 5.60 Å². The highest BCUT2D eigenvalue weighted by molar-refractivity contribution is 5.16. The molecular weight excluding hydrogens is 196 g/mol. The SMILES string of the molecule is CC1(CO)COC(c2ccccc2)OO1. The predicted octanol–water partition coefficient (Wildman–Crippen LogP) is 1.41. The van der Waals surface area contributed by atoms with E-state index in [4.69, 9.17) is 19.6 Å². The molecule has 1 saturated heterocycles. The average molecular weight is 210 g/mol. The predicted molar refractivity (Wildman–Crippen MR) is 52.8 cm³/mol. The van der Waals surface area contributed by atoms with E-state index in [1.165, 1.54) is 0 Å². The van der Waals surface area contributed by atoms with Crippen molar-refractivity contribution in [2.45, 2.75) is 18.8 Å². The first-order valence-electron chi connectivity index (χ1n) is 4.85. The summed E-state index contributed by atoms with van der Waals surface area (Å²) in [6.45, 7) is 1.91. The lowest BCUT2D eigenvalue weighted by atomic mass is 10.1. The van der Waals surface area contributed by atoms with Crippen molar-refractivity contribution < 1.29 is 19.6 Å². The Kier molecular flexibility index (Phi) is 3.02. The van der Waals surface area contributed by atoms with E-state index in [2.05, 4.69) is 0 Å². The minimum absolute atomic E-state index is 0.130. The van der Waals surface area contributed by atoms with E-state index in [1.54, 1.807) is 6.92 Å². The van der Waals surface area contributed by atoms with Gasteiger partial charge >= 0.3 is 0 Å². The van der Waals surface area contributed by atoms with Crippen LogP contribution in [0.4, 0.5) is 0 Å². The Bertz CT molecular complexity index is 304. The van der Waals surface area contributed by atoms with Crippen molar-refractivity contribution in [3.05, 3.63) is 35.9 Å². The molecule has 15 heavy (non-hydrogen) atoms. The second-order valence-corrected chi connectivity index (χ2v) is 3.84. The maximum atomic E-state index is 9.02. The van der Waals surface area contributed by atoms with E-state index >= 15 is 0 Å². The fraction of sp³-hybridized carbons (Fsp3) is 0.455. The van der Waals surface area contributed by atoms with E-state index in [-0.39, 0.29) is 6.61 Å². The molecule has 4 nitrogen and oxygen atoms in total. The quantitative estimate of drug-likeness (QED) is 0.750. The van der Waals surface area contributed by atoms with Crippen molar-refractivity contribution in [3.63, 3.8) is 0 Å². The minimum Gasteiger partial charge on any atom is -0.393 e. The normalized spacial score (nSPS) is 31.5. The standard InChI is InChI=1S/C11H14O4/c1-11(7-12)8-13-10(14-15-11)9-5-3-2-4-6-9/h2-6,10,12H,7-8H2,1H3. The second-order valence-electron chi connectivity index (χ2n) is 3.84. The lowest BCUT2D eigenvalue weighted by Gasteiger charge is -2.34. The molecule has 82 valence electrons. The Morgan fingerprint density at radius 3 is 2.67 bits per heavy atom. The third-order valence-electron chi connectivity index (χ3n) is 2.28. The molecule has 4 heteroatoms. The van der Waals surface area contributed by atoms with Gasteiger partial charge in [-0.25, -0.2) is 4.89 Å². The van der Waals surface area contributed by atoms with Crippen LogP contribution in [0.15, 0.2) is 30.3 Å². The summed E-state index contributed by atoms with van der Waals surface area (Å²) in [4.78, 5) is 10.2. The van der Waals surface area contributed by atoms with Crippen molar-refractivity contribution in [2.75, 3.05) is 13.2 Å². The topological polar surface area (TPSA) is 47.9 Å². The fourth-order valence-electron chi connectivity index (χ4n) is 1.30. The number of aliphatic hydroxyl groups excluding tert-OH is 1. The fourth-order valence-corrected chi connectivity index (χ4v) is 1.30. The summed E-state index contributed by atoms with van der Waals surface area (Å²) in [5.74, 6) is 0. The van der Waals surface area contributed by atoms with Crippen LogP contribution < -0.4 is 0 Å². The Balaban J connectivity index is 2.00. The second kappa shape index (κ2) is 4.28. The van der Waals surface area contributed by atoms with Crippen molar-refractivity contribution in [3.8, 4) is 0 Å². The molecule has 0 bridgehead atoms. The molecule has 0 aromatic heterocycles. The molecule has 0 saturated carbocycles. The molecule has 1 aromatic carbocycles. The van der Waals surface area contributed by atoms with Gasteiger partial charge < -0.3 is 9.84 Å². The summed E-state index contributed by atoms with van der Waals surface area (Å²) in [5, 5.41) is 9.02. The van der Waals surface area contributed by atoms with Gasteiger partial charge in [-0.05, 0) is 6.92 Å². The molecule has 2 atom stereocenters.